The summed E-state index contributed by atoms with van der Waals surface area (Å²) in [6, 6.07) is 4.33. The van der Waals surface area contributed by atoms with Crippen LogP contribution >= 0.6 is 0 Å². The molecule has 4 nitrogen and oxygen atoms in total. The van der Waals surface area contributed by atoms with Gasteiger partial charge in [0, 0.05) is 24.6 Å². The predicted octanol–water partition coefficient (Wildman–Crippen LogP) is 4.54. The number of hydrogen-bond acceptors (Lipinski definition) is 3. The van der Waals surface area contributed by atoms with E-state index >= 15 is 0 Å². The Hall–Kier alpha value is -3.68. The minimum atomic E-state index is -1.51. The maximum atomic E-state index is 14.7. The number of Topliss-reactive ketones (excluding diaryl/α,β-unsaturated/α-hetero) is 1. The minimum Gasteiger partial charge on any atom is -0.478 e. The van der Waals surface area contributed by atoms with Gasteiger partial charge >= 0.3 is 5.97 Å². The summed E-state index contributed by atoms with van der Waals surface area (Å²) >= 11 is 0. The number of carbonyl (C=O) groups excluding carboxylic acids is 1. The molecule has 1 N–H and O–H groups in total. The van der Waals surface area contributed by atoms with E-state index in [0.29, 0.717) is 17.8 Å². The van der Waals surface area contributed by atoms with Crippen LogP contribution in [0.1, 0.15) is 27.9 Å². The molecule has 0 aliphatic carbocycles. The Kier molecular flexibility index (Phi) is 4.77. The van der Waals surface area contributed by atoms with Gasteiger partial charge in [0.25, 0.3) is 0 Å². The van der Waals surface area contributed by atoms with Crippen LogP contribution in [0.4, 0.5) is 17.6 Å². The number of carbonyl (C=O) groups is 2. The number of carboxylic acid groups (broad SMARTS) is 1. The smallest absolute Gasteiger partial charge is 0.335 e. The van der Waals surface area contributed by atoms with Gasteiger partial charge in [0.2, 0.25) is 0 Å². The van der Waals surface area contributed by atoms with E-state index in [1.807, 2.05) is 0 Å². The third-order valence-electron chi connectivity index (χ3n) is 4.93. The highest BCUT2D eigenvalue weighted by molar-refractivity contribution is 6.23. The number of fused-ring (bicyclic) bond motifs is 1. The molecule has 0 fully saturated rings. The van der Waals surface area contributed by atoms with Crippen LogP contribution in [0.15, 0.2) is 54.3 Å². The van der Waals surface area contributed by atoms with Crippen molar-refractivity contribution in [3.05, 3.63) is 94.2 Å². The number of hydrogen-bond donors (Lipinski definition) is 1. The minimum absolute atomic E-state index is 0.0640. The van der Waals surface area contributed by atoms with Gasteiger partial charge in [0.05, 0.1) is 28.1 Å². The maximum Gasteiger partial charge on any atom is 0.335 e. The Labute approximate surface area is 168 Å². The van der Waals surface area contributed by atoms with Crippen molar-refractivity contribution in [3.8, 4) is 0 Å². The van der Waals surface area contributed by atoms with Crippen molar-refractivity contribution in [1.29, 1.82) is 0 Å². The lowest BCUT2D eigenvalue weighted by Gasteiger charge is -2.35. The molecule has 2 heterocycles. The van der Waals surface area contributed by atoms with E-state index in [9.17, 15) is 27.2 Å². The highest BCUT2D eigenvalue weighted by Gasteiger charge is 2.33. The molecule has 0 bridgehead atoms. The summed E-state index contributed by atoms with van der Waals surface area (Å²) in [6.45, 7) is 0.126. The molecule has 8 heteroatoms. The molecule has 0 spiro atoms. The lowest BCUT2D eigenvalue weighted by atomic mass is 9.90. The van der Waals surface area contributed by atoms with Crippen molar-refractivity contribution >= 4 is 23.0 Å². The number of aromatic carboxylic acids is 1. The number of rotatable bonds is 3. The molecule has 2 aliphatic rings. The number of benzene rings is 2. The number of carboxylic acids is 1. The van der Waals surface area contributed by atoms with Gasteiger partial charge in [-0.2, -0.15) is 0 Å². The standard InChI is InChI=1S/C22H13F4NO3/c23-12-4-5-13(14(24)10-12)17-2-1-3-18-21(19(28)6-7-27(17)18)20-15(25)8-11(22(29)30)9-16(20)26/h1-5,8-10H,6-7H2,(H,29,30). The molecule has 2 aliphatic heterocycles. The molecule has 2 aromatic carbocycles. The molecule has 0 radical (unpaired) electrons. The Balaban J connectivity index is 1.89. The fourth-order valence-corrected chi connectivity index (χ4v) is 3.62. The van der Waals surface area contributed by atoms with Crippen LogP contribution < -0.4 is 0 Å². The van der Waals surface area contributed by atoms with Crippen LogP contribution in [-0.4, -0.2) is 28.3 Å². The van der Waals surface area contributed by atoms with Crippen LogP contribution in [0, 0.1) is 23.3 Å². The fourth-order valence-electron chi connectivity index (χ4n) is 3.62. The molecular weight excluding hydrogens is 402 g/mol. The summed E-state index contributed by atoms with van der Waals surface area (Å²) in [5.41, 5.74) is -0.985. The summed E-state index contributed by atoms with van der Waals surface area (Å²) < 4.78 is 57.0. The molecule has 0 unspecified atom stereocenters. The van der Waals surface area contributed by atoms with E-state index in [4.69, 9.17) is 5.11 Å². The zero-order valence-electron chi connectivity index (χ0n) is 15.3. The molecule has 4 rings (SSSR count). The van der Waals surface area contributed by atoms with Gasteiger partial charge in [-0.15, -0.1) is 0 Å². The number of halogens is 4. The zero-order valence-corrected chi connectivity index (χ0v) is 15.3. The summed E-state index contributed by atoms with van der Waals surface area (Å²) in [4.78, 5) is 25.2. The number of ketones is 1. The first kappa shape index (κ1) is 19.6. The average Bonchev–Trinajstić information content (AvgIpc) is 2.68. The van der Waals surface area contributed by atoms with Crippen LogP contribution in [-0.2, 0) is 4.79 Å². The van der Waals surface area contributed by atoms with Crippen molar-refractivity contribution in [2.75, 3.05) is 6.54 Å². The molecule has 30 heavy (non-hydrogen) atoms. The molecule has 152 valence electrons. The van der Waals surface area contributed by atoms with Crippen LogP contribution in [0.25, 0.3) is 11.3 Å². The molecule has 0 amide bonds. The van der Waals surface area contributed by atoms with E-state index in [2.05, 4.69) is 0 Å². The van der Waals surface area contributed by atoms with Crippen molar-refractivity contribution in [2.24, 2.45) is 0 Å². The third kappa shape index (κ3) is 3.20. The van der Waals surface area contributed by atoms with Crippen LogP contribution in [0.5, 0.6) is 0 Å². The fraction of sp³-hybridized carbons (Fsp3) is 0.0909. The molecule has 0 atom stereocenters. The number of nitrogens with zero attached hydrogens (tertiary/aromatic N) is 1. The van der Waals surface area contributed by atoms with Gasteiger partial charge in [-0.25, -0.2) is 22.4 Å². The van der Waals surface area contributed by atoms with Gasteiger partial charge in [0.15, 0.2) is 5.78 Å². The van der Waals surface area contributed by atoms with E-state index < -0.39 is 46.1 Å². The Morgan fingerprint density at radius 2 is 1.70 bits per heavy atom. The second-order valence-electron chi connectivity index (χ2n) is 6.74. The van der Waals surface area contributed by atoms with E-state index in [1.54, 1.807) is 6.08 Å². The van der Waals surface area contributed by atoms with Crippen LogP contribution in [0.2, 0.25) is 0 Å². The normalized spacial score (nSPS) is 15.9. The lowest BCUT2D eigenvalue weighted by Crippen LogP contribution is -2.32. The highest BCUT2D eigenvalue weighted by Crippen LogP contribution is 2.39. The summed E-state index contributed by atoms with van der Waals surface area (Å²) in [5, 5.41) is 8.98. The number of allylic oxidation sites excluding steroid dienone is 4. The van der Waals surface area contributed by atoms with Gasteiger partial charge in [0.1, 0.15) is 23.3 Å². The molecule has 0 aromatic heterocycles. The van der Waals surface area contributed by atoms with E-state index in [0.717, 1.165) is 12.1 Å². The second-order valence-corrected chi connectivity index (χ2v) is 6.74. The van der Waals surface area contributed by atoms with Crippen LogP contribution in [0.3, 0.4) is 0 Å². The van der Waals surface area contributed by atoms with Gasteiger partial charge in [-0.3, -0.25) is 4.79 Å². The quantitative estimate of drug-likeness (QED) is 0.748. The van der Waals surface area contributed by atoms with Gasteiger partial charge < -0.3 is 10.0 Å². The third-order valence-corrected chi connectivity index (χ3v) is 4.93. The monoisotopic (exact) mass is 415 g/mol. The lowest BCUT2D eigenvalue weighted by molar-refractivity contribution is -0.114. The first-order chi connectivity index (χ1) is 14.3. The first-order valence-electron chi connectivity index (χ1n) is 8.89. The summed E-state index contributed by atoms with van der Waals surface area (Å²) in [6.07, 6.45) is 4.39. The highest BCUT2D eigenvalue weighted by atomic mass is 19.1. The maximum absolute atomic E-state index is 14.7. The summed E-state index contributed by atoms with van der Waals surface area (Å²) in [7, 11) is 0. The average molecular weight is 415 g/mol. The van der Waals surface area contributed by atoms with E-state index in [1.165, 1.54) is 23.1 Å². The first-order valence-corrected chi connectivity index (χ1v) is 8.89. The molecule has 0 saturated heterocycles. The molecule has 0 saturated carbocycles. The Morgan fingerprint density at radius 1 is 1.00 bits per heavy atom. The second kappa shape index (κ2) is 7.29. The summed E-state index contributed by atoms with van der Waals surface area (Å²) in [5.74, 6) is -6.01. The SMILES string of the molecule is O=C1CCN2C(c3ccc(F)cc3F)=CC=CC2=C1c1c(F)cc(C(=O)O)cc1F. The van der Waals surface area contributed by atoms with Crippen molar-refractivity contribution in [2.45, 2.75) is 6.42 Å². The van der Waals surface area contributed by atoms with Crippen molar-refractivity contribution < 1.29 is 32.3 Å². The largest absolute Gasteiger partial charge is 0.478 e. The topological polar surface area (TPSA) is 57.6 Å². The Bertz CT molecular complexity index is 1170. The van der Waals surface area contributed by atoms with E-state index in [-0.39, 0.29) is 29.8 Å². The zero-order chi connectivity index (χ0) is 21.6. The van der Waals surface area contributed by atoms with Gasteiger partial charge in [-0.05, 0) is 36.4 Å². The van der Waals surface area contributed by atoms with Crippen molar-refractivity contribution in [1.82, 2.24) is 4.90 Å². The molecular formula is C22H13F4NO3. The van der Waals surface area contributed by atoms with Crippen molar-refractivity contribution in [3.63, 3.8) is 0 Å². The predicted molar refractivity (Wildman–Crippen MR) is 100 cm³/mol. The Morgan fingerprint density at radius 3 is 2.33 bits per heavy atom. The van der Waals surface area contributed by atoms with Gasteiger partial charge in [-0.1, -0.05) is 6.08 Å². The molecule has 2 aromatic rings.